The number of amides is 2. The van der Waals surface area contributed by atoms with E-state index in [0.29, 0.717) is 23.3 Å². The second kappa shape index (κ2) is 21.5. The molecule has 3 fully saturated rings. The Kier molecular flexibility index (Phi) is 15.8. The van der Waals surface area contributed by atoms with Gasteiger partial charge in [-0.3, -0.25) is 19.4 Å². The van der Waals surface area contributed by atoms with Gasteiger partial charge in [-0.15, -0.1) is 0 Å². The Hall–Kier alpha value is -4.48. The molecule has 0 radical (unpaired) electrons. The van der Waals surface area contributed by atoms with E-state index in [0.717, 1.165) is 98.8 Å². The first-order valence-electron chi connectivity index (χ1n) is 23.2. The van der Waals surface area contributed by atoms with Gasteiger partial charge in [0.25, 0.3) is 0 Å². The monoisotopic (exact) mass is 877 g/mol. The van der Waals surface area contributed by atoms with Crippen molar-refractivity contribution in [1.82, 2.24) is 24.5 Å². The molecule has 1 aliphatic carbocycles. The lowest BCUT2D eigenvalue weighted by Gasteiger charge is -2.46. The molecular weight excluding hydrogens is 810 g/mol. The average molecular weight is 879 g/mol. The number of Topliss-reactive ketones (excluding diaryl/α,β-unsaturated/α-hetero) is 1. The summed E-state index contributed by atoms with van der Waals surface area (Å²) in [7, 11) is 7.97. The highest BCUT2D eigenvalue weighted by Gasteiger charge is 2.45. The number of carbonyl (C=O) groups excluding carboxylic acids is 3. The Balaban J connectivity index is 1.08. The maximum absolute atomic E-state index is 15.2. The van der Waals surface area contributed by atoms with Gasteiger partial charge in [0.2, 0.25) is 5.91 Å². The minimum Gasteiger partial charge on any atom is -0.496 e. The van der Waals surface area contributed by atoms with Crippen molar-refractivity contribution in [2.24, 2.45) is 5.41 Å². The summed E-state index contributed by atoms with van der Waals surface area (Å²) in [6.45, 7) is 6.83. The number of rotatable bonds is 17. The quantitative estimate of drug-likeness (QED) is 0.0972. The Morgan fingerprint density at radius 2 is 1.62 bits per heavy atom. The molecule has 0 N–H and O–H groups in total. The van der Waals surface area contributed by atoms with Gasteiger partial charge in [0, 0.05) is 44.0 Å². The summed E-state index contributed by atoms with van der Waals surface area (Å²) >= 11 is 6.76. The highest BCUT2D eigenvalue weighted by Crippen LogP contribution is 2.45. The predicted molar refractivity (Wildman–Crippen MR) is 253 cm³/mol. The number of nitrogens with zero attached hydrogens (tertiary/aromatic N) is 5. The molecule has 4 aromatic carbocycles. The standard InChI is InChI=1S/C52H68ClN5O5/c1-6-40-21-19-38(34-48(40)62-5)20-23-46(59)45-36-57(51(61)63-47-24-22-41-16-10-11-17-43(41)49(47)53)32-33-58(45)50(60)44(18-12-13-30-54(2)3)55(4)42-25-27-52(28-26-42)29-31-56(37-52)35-39-14-8-7-9-15-39/h7-11,14-17,19,21-22,24,34,42,44-45H,6,12-13,18,20,23,25-33,35-37H2,1-5H3/t42?,44-,45+,52?/m1/s1. The van der Waals surface area contributed by atoms with Crippen LogP contribution < -0.4 is 9.47 Å². The molecule has 0 bridgehead atoms. The summed E-state index contributed by atoms with van der Waals surface area (Å²) in [5.74, 6) is 0.985. The number of aryl methyl sites for hydroxylation is 2. The number of unbranched alkanes of at least 4 members (excludes halogenated alkanes) is 1. The van der Waals surface area contributed by atoms with Gasteiger partial charge in [-0.25, -0.2) is 4.79 Å². The first-order chi connectivity index (χ1) is 30.5. The normalized spacial score (nSPS) is 21.1. The molecule has 2 heterocycles. The van der Waals surface area contributed by atoms with Crippen LogP contribution in [0, 0.1) is 5.41 Å². The van der Waals surface area contributed by atoms with E-state index in [1.165, 1.54) is 12.0 Å². The number of halogens is 1. The fourth-order valence-corrected chi connectivity index (χ4v) is 10.6. The summed E-state index contributed by atoms with van der Waals surface area (Å²) in [5.41, 5.74) is 3.80. The number of ketones is 1. The second-order valence-electron chi connectivity index (χ2n) is 18.6. The predicted octanol–water partition coefficient (Wildman–Crippen LogP) is 9.14. The van der Waals surface area contributed by atoms with Gasteiger partial charge in [-0.1, -0.05) is 97.7 Å². The van der Waals surface area contributed by atoms with Crippen LogP contribution in [0.4, 0.5) is 4.79 Å². The summed E-state index contributed by atoms with van der Waals surface area (Å²) in [4.78, 5) is 54.2. The third kappa shape index (κ3) is 11.4. The highest BCUT2D eigenvalue weighted by atomic mass is 35.5. The largest absolute Gasteiger partial charge is 0.496 e. The van der Waals surface area contributed by atoms with Gasteiger partial charge in [0.1, 0.15) is 11.8 Å². The van der Waals surface area contributed by atoms with Gasteiger partial charge in [0.15, 0.2) is 11.5 Å². The smallest absolute Gasteiger partial charge is 0.415 e. The molecule has 3 aliphatic rings. The lowest BCUT2D eigenvalue weighted by Crippen LogP contribution is -2.63. The van der Waals surface area contributed by atoms with Crippen molar-refractivity contribution in [2.75, 3.05) is 67.5 Å². The molecule has 4 aromatic rings. The number of piperazine rings is 1. The second-order valence-corrected chi connectivity index (χ2v) is 19.0. The third-order valence-electron chi connectivity index (χ3n) is 14.2. The number of benzene rings is 4. The lowest BCUT2D eigenvalue weighted by molar-refractivity contribution is -0.148. The topological polar surface area (TPSA) is 85.9 Å². The Morgan fingerprint density at radius 1 is 0.857 bits per heavy atom. The number of fused-ring (bicyclic) bond motifs is 1. The molecule has 2 aliphatic heterocycles. The van der Waals surface area contributed by atoms with Crippen LogP contribution in [0.3, 0.4) is 0 Å². The van der Waals surface area contributed by atoms with E-state index in [9.17, 15) is 9.59 Å². The molecule has 10 nitrogen and oxygen atoms in total. The number of likely N-dealkylation sites (tertiary alicyclic amines) is 1. The van der Waals surface area contributed by atoms with Crippen molar-refractivity contribution in [1.29, 1.82) is 0 Å². The highest BCUT2D eigenvalue weighted by molar-refractivity contribution is 6.37. The summed E-state index contributed by atoms with van der Waals surface area (Å²) < 4.78 is 11.6. The zero-order valence-electron chi connectivity index (χ0n) is 38.2. The molecule has 11 heteroatoms. The molecule has 2 amide bonds. The maximum atomic E-state index is 15.2. The lowest BCUT2D eigenvalue weighted by atomic mass is 9.71. The number of hydrogen-bond acceptors (Lipinski definition) is 8. The Morgan fingerprint density at radius 3 is 2.37 bits per heavy atom. The SMILES string of the molecule is CCc1ccc(CCC(=O)[C@@H]2CN(C(=O)Oc3ccc4ccccc4c3Cl)CCN2C(=O)[C@@H](CCCCN(C)C)N(C)C2CCC3(CC2)CCN(Cc2ccccc2)C3)cc1OC. The van der Waals surface area contributed by atoms with Crippen molar-refractivity contribution in [3.05, 3.63) is 107 Å². The van der Waals surface area contributed by atoms with Crippen LogP contribution >= 0.6 is 11.6 Å². The number of methoxy groups -OCH3 is 1. The van der Waals surface area contributed by atoms with Gasteiger partial charge >= 0.3 is 6.09 Å². The zero-order chi connectivity index (χ0) is 44.5. The summed E-state index contributed by atoms with van der Waals surface area (Å²) in [6.07, 6.45) is 9.21. The minimum absolute atomic E-state index is 0.0181. The van der Waals surface area contributed by atoms with E-state index in [-0.39, 0.29) is 55.6 Å². The van der Waals surface area contributed by atoms with Gasteiger partial charge in [-0.2, -0.15) is 0 Å². The molecule has 338 valence electrons. The van der Waals surface area contributed by atoms with Crippen LogP contribution in [0.15, 0.2) is 84.9 Å². The van der Waals surface area contributed by atoms with E-state index >= 15 is 4.79 Å². The third-order valence-corrected chi connectivity index (χ3v) is 14.6. The molecule has 2 atom stereocenters. The van der Waals surface area contributed by atoms with Crippen LogP contribution in [0.1, 0.15) is 81.4 Å². The number of carbonyl (C=O) groups is 3. The molecule has 0 aromatic heterocycles. The average Bonchev–Trinajstić information content (AvgIpc) is 3.69. The van der Waals surface area contributed by atoms with Crippen molar-refractivity contribution in [3.63, 3.8) is 0 Å². The molecule has 1 spiro atoms. The summed E-state index contributed by atoms with van der Waals surface area (Å²) in [5, 5.41) is 2.09. The summed E-state index contributed by atoms with van der Waals surface area (Å²) in [6, 6.07) is 27.3. The first kappa shape index (κ1) is 46.5. The number of hydrogen-bond donors (Lipinski definition) is 0. The molecule has 0 unspecified atom stereocenters. The van der Waals surface area contributed by atoms with E-state index < -0.39 is 12.1 Å². The number of ether oxygens (including phenoxy) is 2. The van der Waals surface area contributed by atoms with E-state index in [1.54, 1.807) is 23.0 Å². The molecule has 1 saturated carbocycles. The maximum Gasteiger partial charge on any atom is 0.415 e. The minimum atomic E-state index is -0.816. The van der Waals surface area contributed by atoms with E-state index in [4.69, 9.17) is 21.1 Å². The van der Waals surface area contributed by atoms with Crippen LogP contribution in [-0.4, -0.2) is 128 Å². The molecule has 63 heavy (non-hydrogen) atoms. The number of likely N-dealkylation sites (N-methyl/N-ethyl adjacent to an activating group) is 1. The molecule has 2 saturated heterocycles. The van der Waals surface area contributed by atoms with E-state index in [2.05, 4.69) is 85.2 Å². The van der Waals surface area contributed by atoms with Crippen LogP contribution in [0.5, 0.6) is 11.5 Å². The molecule has 7 rings (SSSR count). The van der Waals surface area contributed by atoms with Crippen molar-refractivity contribution >= 4 is 40.2 Å². The first-order valence-corrected chi connectivity index (χ1v) is 23.6. The van der Waals surface area contributed by atoms with Crippen molar-refractivity contribution in [3.8, 4) is 11.5 Å². The van der Waals surface area contributed by atoms with Crippen LogP contribution in [-0.2, 0) is 29.0 Å². The van der Waals surface area contributed by atoms with E-state index in [1.807, 2.05) is 36.4 Å². The fourth-order valence-electron chi connectivity index (χ4n) is 10.4. The van der Waals surface area contributed by atoms with Crippen molar-refractivity contribution in [2.45, 2.75) is 102 Å². The van der Waals surface area contributed by atoms with Gasteiger partial charge in [0.05, 0.1) is 24.7 Å². The Bertz CT molecular complexity index is 2170. The molecular formula is C52H68ClN5O5. The van der Waals surface area contributed by atoms with Gasteiger partial charge < -0.3 is 24.2 Å². The van der Waals surface area contributed by atoms with Crippen LogP contribution in [0.2, 0.25) is 5.02 Å². The zero-order valence-corrected chi connectivity index (χ0v) is 39.0. The fraction of sp³-hybridized carbons (Fsp3) is 0.519. The van der Waals surface area contributed by atoms with Gasteiger partial charge in [-0.05, 0) is 132 Å². The Labute approximate surface area is 380 Å². The van der Waals surface area contributed by atoms with Crippen molar-refractivity contribution < 1.29 is 23.9 Å². The van der Waals surface area contributed by atoms with Crippen LogP contribution in [0.25, 0.3) is 10.8 Å².